The molecule has 0 aromatic heterocycles. The first kappa shape index (κ1) is 20.8. The van der Waals surface area contributed by atoms with Crippen LogP contribution in [0, 0.1) is 0 Å². The third-order valence-electron chi connectivity index (χ3n) is 2.34. The van der Waals surface area contributed by atoms with Crippen molar-refractivity contribution in [1.29, 1.82) is 0 Å². The molecule has 0 amide bonds. The largest absolute Gasteiger partial charge is 0.489 e. The standard InChI is InChI=1S/C15H20O.2C2H6/c1-4-8-13(3)12-16-15-11-7-6-10-14(15)9-5-2;2*1-2/h5-8,10-11H,2,4,9,12H2,1,3H3;2*1-2H3/b13-8-;;. The number of rotatable bonds is 6. The van der Waals surface area contributed by atoms with E-state index < -0.39 is 0 Å². The molecule has 0 N–H and O–H groups in total. The maximum absolute atomic E-state index is 5.79. The topological polar surface area (TPSA) is 9.23 Å². The Morgan fingerprint density at radius 2 is 1.75 bits per heavy atom. The summed E-state index contributed by atoms with van der Waals surface area (Å²) >= 11 is 0. The van der Waals surface area contributed by atoms with E-state index in [9.17, 15) is 0 Å². The fourth-order valence-electron chi connectivity index (χ4n) is 1.57. The zero-order valence-electron chi connectivity index (χ0n) is 14.2. The third-order valence-corrected chi connectivity index (χ3v) is 2.34. The summed E-state index contributed by atoms with van der Waals surface area (Å²) in [6.45, 7) is 16.7. The molecule has 0 aliphatic rings. The highest BCUT2D eigenvalue weighted by atomic mass is 16.5. The Morgan fingerprint density at radius 1 is 1.15 bits per heavy atom. The molecule has 0 saturated carbocycles. The summed E-state index contributed by atoms with van der Waals surface area (Å²) in [7, 11) is 0. The number of hydrogen-bond acceptors (Lipinski definition) is 1. The highest BCUT2D eigenvalue weighted by Gasteiger charge is 2.00. The lowest BCUT2D eigenvalue weighted by Crippen LogP contribution is -2.01. The van der Waals surface area contributed by atoms with Crippen LogP contribution in [0.5, 0.6) is 5.75 Å². The van der Waals surface area contributed by atoms with Gasteiger partial charge in [-0.15, -0.1) is 6.58 Å². The second-order valence-corrected chi connectivity index (χ2v) is 3.85. The number of benzene rings is 1. The van der Waals surface area contributed by atoms with E-state index in [0.717, 1.165) is 18.6 Å². The van der Waals surface area contributed by atoms with Crippen molar-refractivity contribution in [2.24, 2.45) is 0 Å². The van der Waals surface area contributed by atoms with Crippen molar-refractivity contribution in [2.75, 3.05) is 6.61 Å². The van der Waals surface area contributed by atoms with Crippen LogP contribution < -0.4 is 4.74 Å². The van der Waals surface area contributed by atoms with E-state index in [4.69, 9.17) is 4.74 Å². The van der Waals surface area contributed by atoms with Gasteiger partial charge in [0.2, 0.25) is 0 Å². The Morgan fingerprint density at radius 3 is 2.30 bits per heavy atom. The Balaban J connectivity index is 0. The minimum Gasteiger partial charge on any atom is -0.489 e. The molecule has 1 aromatic rings. The average Bonchev–Trinajstić information content (AvgIpc) is 2.51. The zero-order chi connectivity index (χ0) is 15.8. The third kappa shape index (κ3) is 9.43. The molecule has 0 radical (unpaired) electrons. The lowest BCUT2D eigenvalue weighted by atomic mass is 10.1. The van der Waals surface area contributed by atoms with E-state index in [-0.39, 0.29) is 0 Å². The van der Waals surface area contributed by atoms with Gasteiger partial charge in [0.15, 0.2) is 0 Å². The predicted molar refractivity (Wildman–Crippen MR) is 92.6 cm³/mol. The summed E-state index contributed by atoms with van der Waals surface area (Å²) in [6.07, 6.45) is 6.00. The van der Waals surface area contributed by atoms with Crippen LogP contribution in [0.4, 0.5) is 0 Å². The van der Waals surface area contributed by atoms with Crippen LogP contribution in [-0.2, 0) is 6.42 Å². The normalized spacial score (nSPS) is 9.60. The molecule has 0 unspecified atom stereocenters. The molecule has 1 nitrogen and oxygen atoms in total. The van der Waals surface area contributed by atoms with E-state index in [0.29, 0.717) is 6.61 Å². The monoisotopic (exact) mass is 276 g/mol. The van der Waals surface area contributed by atoms with Crippen molar-refractivity contribution in [3.8, 4) is 5.75 Å². The highest BCUT2D eigenvalue weighted by Crippen LogP contribution is 2.19. The zero-order valence-corrected chi connectivity index (χ0v) is 14.2. The Hall–Kier alpha value is -1.50. The van der Waals surface area contributed by atoms with Gasteiger partial charge in [0.25, 0.3) is 0 Å². The maximum atomic E-state index is 5.79. The molecule has 1 heteroatoms. The van der Waals surface area contributed by atoms with E-state index in [1.54, 1.807) is 0 Å². The average molecular weight is 276 g/mol. The van der Waals surface area contributed by atoms with Crippen LogP contribution in [-0.4, -0.2) is 6.61 Å². The summed E-state index contributed by atoms with van der Waals surface area (Å²) in [5, 5.41) is 0. The van der Waals surface area contributed by atoms with Crippen LogP contribution in [0.2, 0.25) is 0 Å². The molecule has 0 fully saturated rings. The molecule has 1 rings (SSSR count). The molecule has 0 aliphatic carbocycles. The van der Waals surface area contributed by atoms with E-state index in [1.165, 1.54) is 11.1 Å². The fraction of sp³-hybridized carbons (Fsp3) is 0.474. The number of para-hydroxylation sites is 1. The van der Waals surface area contributed by atoms with Gasteiger partial charge in [-0.05, 0) is 37.0 Å². The first-order chi connectivity index (χ1) is 9.77. The van der Waals surface area contributed by atoms with Gasteiger partial charge in [-0.3, -0.25) is 0 Å². The maximum Gasteiger partial charge on any atom is 0.123 e. The Kier molecular flexibility index (Phi) is 16.2. The molecule has 0 heterocycles. The van der Waals surface area contributed by atoms with Gasteiger partial charge in [-0.25, -0.2) is 0 Å². The summed E-state index contributed by atoms with van der Waals surface area (Å²) in [4.78, 5) is 0. The van der Waals surface area contributed by atoms with E-state index >= 15 is 0 Å². The van der Waals surface area contributed by atoms with Gasteiger partial charge >= 0.3 is 0 Å². The summed E-state index contributed by atoms with van der Waals surface area (Å²) < 4.78 is 5.79. The first-order valence-corrected chi connectivity index (χ1v) is 7.75. The summed E-state index contributed by atoms with van der Waals surface area (Å²) in [5.74, 6) is 0.964. The molecular weight excluding hydrogens is 244 g/mol. The van der Waals surface area contributed by atoms with Crippen molar-refractivity contribution in [2.45, 2.75) is 54.4 Å². The smallest absolute Gasteiger partial charge is 0.123 e. The van der Waals surface area contributed by atoms with Crippen LogP contribution >= 0.6 is 0 Å². The predicted octanol–water partition coefficient (Wildman–Crippen LogP) is 6.20. The molecule has 0 spiro atoms. The molecule has 0 aliphatic heterocycles. The highest BCUT2D eigenvalue weighted by molar-refractivity contribution is 5.34. The van der Waals surface area contributed by atoms with Gasteiger partial charge in [0, 0.05) is 0 Å². The van der Waals surface area contributed by atoms with Gasteiger partial charge < -0.3 is 4.74 Å². The Labute approximate surface area is 126 Å². The second kappa shape index (κ2) is 15.6. The van der Waals surface area contributed by atoms with Crippen LogP contribution in [0.1, 0.15) is 53.5 Å². The molecule has 0 saturated heterocycles. The number of ether oxygens (including phenoxy) is 1. The molecule has 0 bridgehead atoms. The molecular formula is C19H32O. The lowest BCUT2D eigenvalue weighted by Gasteiger charge is -2.10. The van der Waals surface area contributed by atoms with Gasteiger partial charge in [0.1, 0.15) is 12.4 Å². The Bertz CT molecular complexity index is 364. The first-order valence-electron chi connectivity index (χ1n) is 7.75. The fourth-order valence-corrected chi connectivity index (χ4v) is 1.57. The number of hydrogen-bond donors (Lipinski definition) is 0. The minimum absolute atomic E-state index is 0.669. The molecule has 0 atom stereocenters. The minimum atomic E-state index is 0.669. The lowest BCUT2D eigenvalue weighted by molar-refractivity contribution is 0.348. The van der Waals surface area contributed by atoms with E-state index in [1.807, 2.05) is 52.0 Å². The molecule has 1 aromatic carbocycles. The van der Waals surface area contributed by atoms with Gasteiger partial charge in [-0.1, -0.05) is 65.0 Å². The SMILES string of the molecule is C=CCc1ccccc1OC/C(C)=C\CC.CC.CC. The molecule has 20 heavy (non-hydrogen) atoms. The van der Waals surface area contributed by atoms with Crippen LogP contribution in [0.25, 0.3) is 0 Å². The van der Waals surface area contributed by atoms with Crippen molar-refractivity contribution in [3.63, 3.8) is 0 Å². The second-order valence-electron chi connectivity index (χ2n) is 3.85. The van der Waals surface area contributed by atoms with Gasteiger partial charge in [-0.2, -0.15) is 0 Å². The number of allylic oxidation sites excluding steroid dienone is 2. The van der Waals surface area contributed by atoms with Crippen molar-refractivity contribution in [1.82, 2.24) is 0 Å². The summed E-state index contributed by atoms with van der Waals surface area (Å²) in [5.41, 5.74) is 2.47. The van der Waals surface area contributed by atoms with Crippen molar-refractivity contribution in [3.05, 3.63) is 54.1 Å². The summed E-state index contributed by atoms with van der Waals surface area (Å²) in [6, 6.07) is 8.12. The van der Waals surface area contributed by atoms with Crippen molar-refractivity contribution < 1.29 is 4.74 Å². The van der Waals surface area contributed by atoms with Gasteiger partial charge in [0.05, 0.1) is 0 Å². The van der Waals surface area contributed by atoms with Crippen LogP contribution in [0.15, 0.2) is 48.6 Å². The quantitative estimate of drug-likeness (QED) is 0.562. The van der Waals surface area contributed by atoms with Crippen LogP contribution in [0.3, 0.4) is 0 Å². The molecule has 114 valence electrons. The van der Waals surface area contributed by atoms with Crippen molar-refractivity contribution >= 4 is 0 Å². The van der Waals surface area contributed by atoms with E-state index in [2.05, 4.69) is 32.6 Å².